The van der Waals surface area contributed by atoms with E-state index >= 15 is 0 Å². The Morgan fingerprint density at radius 1 is 1.28 bits per heavy atom. The molecule has 0 saturated carbocycles. The number of aromatic nitrogens is 4. The lowest BCUT2D eigenvalue weighted by molar-refractivity contribution is 0.102. The van der Waals surface area contributed by atoms with Gasteiger partial charge in [-0.3, -0.25) is 19.7 Å². The molecule has 0 radical (unpaired) electrons. The number of carbonyl (C=O) groups is 1. The number of hydrogen-bond acceptors (Lipinski definition) is 4. The number of nitrogens with one attached hydrogen (secondary N) is 1. The third kappa shape index (κ3) is 1.97. The van der Waals surface area contributed by atoms with E-state index < -0.39 is 0 Å². The van der Waals surface area contributed by atoms with Gasteiger partial charge in [-0.1, -0.05) is 6.07 Å². The second-order valence-corrected chi connectivity index (χ2v) is 4.22. The van der Waals surface area contributed by atoms with Crippen molar-refractivity contribution >= 4 is 11.9 Å². The minimum absolute atomic E-state index is 0.253. The van der Waals surface area contributed by atoms with Gasteiger partial charge in [-0.25, -0.2) is 0 Å². The van der Waals surface area contributed by atoms with Crippen LogP contribution in [0.1, 0.15) is 29.2 Å². The molecule has 1 N–H and O–H groups in total. The van der Waals surface area contributed by atoms with Crippen LogP contribution in [-0.4, -0.2) is 25.7 Å². The molecule has 92 valence electrons. The Balaban J connectivity index is 1.81. The lowest BCUT2D eigenvalue weighted by Crippen LogP contribution is -2.19. The van der Waals surface area contributed by atoms with Crippen LogP contribution in [0.3, 0.4) is 0 Å². The Morgan fingerprint density at radius 3 is 3.06 bits per heavy atom. The Bertz CT molecular complexity index is 563. The maximum atomic E-state index is 11.9. The van der Waals surface area contributed by atoms with E-state index in [1.807, 2.05) is 4.57 Å². The van der Waals surface area contributed by atoms with Crippen molar-refractivity contribution < 1.29 is 4.79 Å². The molecule has 1 aliphatic heterocycles. The van der Waals surface area contributed by atoms with E-state index in [2.05, 4.69) is 20.5 Å². The molecule has 0 aliphatic carbocycles. The second-order valence-electron chi connectivity index (χ2n) is 4.22. The van der Waals surface area contributed by atoms with Crippen LogP contribution in [0.2, 0.25) is 0 Å². The molecular formula is C12H13N5O. The zero-order valence-electron chi connectivity index (χ0n) is 9.83. The van der Waals surface area contributed by atoms with Crippen molar-refractivity contribution in [2.24, 2.45) is 0 Å². The SMILES string of the molecule is O=C(Nc1nnc2n1CCCC2)c1ccccn1. The summed E-state index contributed by atoms with van der Waals surface area (Å²) in [4.78, 5) is 15.9. The molecule has 0 unspecified atom stereocenters. The molecule has 18 heavy (non-hydrogen) atoms. The van der Waals surface area contributed by atoms with Gasteiger partial charge < -0.3 is 0 Å². The van der Waals surface area contributed by atoms with Crippen molar-refractivity contribution in [2.45, 2.75) is 25.8 Å². The Hall–Kier alpha value is -2.24. The summed E-state index contributed by atoms with van der Waals surface area (Å²) < 4.78 is 1.96. The first-order chi connectivity index (χ1) is 8.84. The molecule has 6 heteroatoms. The number of nitrogens with zero attached hydrogens (tertiary/aromatic N) is 4. The molecular weight excluding hydrogens is 230 g/mol. The molecule has 3 heterocycles. The van der Waals surface area contributed by atoms with Crippen LogP contribution in [-0.2, 0) is 13.0 Å². The van der Waals surface area contributed by atoms with Crippen molar-refractivity contribution in [3.8, 4) is 0 Å². The summed E-state index contributed by atoms with van der Waals surface area (Å²) in [6.07, 6.45) is 4.74. The number of fused-ring (bicyclic) bond motifs is 1. The van der Waals surface area contributed by atoms with E-state index in [9.17, 15) is 4.79 Å². The molecule has 2 aromatic heterocycles. The van der Waals surface area contributed by atoms with E-state index in [0.29, 0.717) is 11.6 Å². The highest BCUT2D eigenvalue weighted by molar-refractivity contribution is 6.01. The molecule has 0 bridgehead atoms. The summed E-state index contributed by atoms with van der Waals surface area (Å²) in [6, 6.07) is 5.22. The lowest BCUT2D eigenvalue weighted by Gasteiger charge is -2.14. The number of carbonyl (C=O) groups excluding carboxylic acids is 1. The van der Waals surface area contributed by atoms with Crippen LogP contribution in [0.4, 0.5) is 5.95 Å². The summed E-state index contributed by atoms with van der Waals surface area (Å²) in [5.41, 5.74) is 0.380. The summed E-state index contributed by atoms with van der Waals surface area (Å²) in [7, 11) is 0. The molecule has 6 nitrogen and oxygen atoms in total. The predicted octanol–water partition coefficient (Wildman–Crippen LogP) is 1.26. The first-order valence-electron chi connectivity index (χ1n) is 5.99. The van der Waals surface area contributed by atoms with Gasteiger partial charge in [-0.05, 0) is 25.0 Å². The van der Waals surface area contributed by atoms with Gasteiger partial charge in [0.2, 0.25) is 5.95 Å². The van der Waals surface area contributed by atoms with Crippen molar-refractivity contribution in [3.63, 3.8) is 0 Å². The number of anilines is 1. The fraction of sp³-hybridized carbons (Fsp3) is 0.333. The minimum Gasteiger partial charge on any atom is -0.297 e. The van der Waals surface area contributed by atoms with Crippen LogP contribution >= 0.6 is 0 Å². The largest absolute Gasteiger partial charge is 0.297 e. The average molecular weight is 243 g/mol. The smallest absolute Gasteiger partial charge is 0.276 e. The van der Waals surface area contributed by atoms with E-state index in [1.165, 1.54) is 0 Å². The van der Waals surface area contributed by atoms with Gasteiger partial charge >= 0.3 is 0 Å². The standard InChI is InChI=1S/C12H13N5O/c18-11(9-5-1-3-7-13-9)14-12-16-15-10-6-2-4-8-17(10)12/h1,3,5,7H,2,4,6,8H2,(H,14,16,18). The van der Waals surface area contributed by atoms with Crippen molar-refractivity contribution in [1.82, 2.24) is 19.7 Å². The van der Waals surface area contributed by atoms with Crippen LogP contribution in [0.25, 0.3) is 0 Å². The molecule has 0 aromatic carbocycles. The maximum absolute atomic E-state index is 11.9. The van der Waals surface area contributed by atoms with Gasteiger partial charge in [0, 0.05) is 19.2 Å². The van der Waals surface area contributed by atoms with Gasteiger partial charge in [0.25, 0.3) is 5.91 Å². The summed E-state index contributed by atoms with van der Waals surface area (Å²) >= 11 is 0. The number of amides is 1. The van der Waals surface area contributed by atoms with Gasteiger partial charge in [-0.2, -0.15) is 0 Å². The van der Waals surface area contributed by atoms with Crippen LogP contribution in [0.5, 0.6) is 0 Å². The zero-order chi connectivity index (χ0) is 12.4. The van der Waals surface area contributed by atoms with E-state index in [4.69, 9.17) is 0 Å². The molecule has 1 amide bonds. The summed E-state index contributed by atoms with van der Waals surface area (Å²) in [5, 5.41) is 10.9. The molecule has 0 saturated heterocycles. The number of pyridine rings is 1. The fourth-order valence-electron chi connectivity index (χ4n) is 2.06. The monoisotopic (exact) mass is 243 g/mol. The highest BCUT2D eigenvalue weighted by Gasteiger charge is 2.18. The molecule has 0 spiro atoms. The van der Waals surface area contributed by atoms with E-state index in [1.54, 1.807) is 24.4 Å². The molecule has 0 atom stereocenters. The fourth-order valence-corrected chi connectivity index (χ4v) is 2.06. The summed E-state index contributed by atoms with van der Waals surface area (Å²) in [6.45, 7) is 0.861. The van der Waals surface area contributed by atoms with Crippen molar-refractivity contribution in [1.29, 1.82) is 0 Å². The number of hydrogen-bond donors (Lipinski definition) is 1. The quantitative estimate of drug-likeness (QED) is 0.861. The lowest BCUT2D eigenvalue weighted by atomic mass is 10.2. The molecule has 0 fully saturated rings. The van der Waals surface area contributed by atoms with Crippen molar-refractivity contribution in [3.05, 3.63) is 35.9 Å². The number of aryl methyl sites for hydroxylation is 1. The van der Waals surface area contributed by atoms with Gasteiger partial charge in [0.05, 0.1) is 0 Å². The highest BCUT2D eigenvalue weighted by atomic mass is 16.2. The minimum atomic E-state index is -0.253. The highest BCUT2D eigenvalue weighted by Crippen LogP contribution is 2.17. The van der Waals surface area contributed by atoms with Gasteiger partial charge in [-0.15, -0.1) is 10.2 Å². The Morgan fingerprint density at radius 2 is 2.22 bits per heavy atom. The third-order valence-electron chi connectivity index (χ3n) is 2.98. The second kappa shape index (κ2) is 4.56. The predicted molar refractivity (Wildman–Crippen MR) is 65.2 cm³/mol. The van der Waals surface area contributed by atoms with E-state index in [-0.39, 0.29) is 5.91 Å². The molecule has 3 rings (SSSR count). The average Bonchev–Trinajstić information content (AvgIpc) is 2.83. The normalized spacial score (nSPS) is 14.0. The maximum Gasteiger partial charge on any atom is 0.276 e. The van der Waals surface area contributed by atoms with Crippen molar-refractivity contribution in [2.75, 3.05) is 5.32 Å². The van der Waals surface area contributed by atoms with E-state index in [0.717, 1.165) is 31.6 Å². The Labute approximate surface area is 104 Å². The Kier molecular flexibility index (Phi) is 2.76. The van der Waals surface area contributed by atoms with Gasteiger partial charge in [0.15, 0.2) is 0 Å². The topological polar surface area (TPSA) is 72.7 Å². The summed E-state index contributed by atoms with van der Waals surface area (Å²) in [5.74, 6) is 1.20. The first-order valence-corrected chi connectivity index (χ1v) is 5.99. The molecule has 2 aromatic rings. The van der Waals surface area contributed by atoms with Crippen LogP contribution < -0.4 is 5.32 Å². The van der Waals surface area contributed by atoms with Crippen LogP contribution in [0.15, 0.2) is 24.4 Å². The third-order valence-corrected chi connectivity index (χ3v) is 2.98. The molecule has 1 aliphatic rings. The van der Waals surface area contributed by atoms with Crippen LogP contribution in [0, 0.1) is 0 Å². The zero-order valence-corrected chi connectivity index (χ0v) is 9.83. The first kappa shape index (κ1) is 10.9. The number of rotatable bonds is 2. The van der Waals surface area contributed by atoms with Gasteiger partial charge in [0.1, 0.15) is 11.5 Å².